The molecular weight excluding hydrogens is 210 g/mol. The Balaban J connectivity index is 2.53. The van der Waals surface area contributed by atoms with Gasteiger partial charge in [-0.3, -0.25) is 4.90 Å². The van der Waals surface area contributed by atoms with Crippen molar-refractivity contribution in [3.63, 3.8) is 0 Å². The van der Waals surface area contributed by atoms with Crippen molar-refractivity contribution in [2.24, 2.45) is 0 Å². The van der Waals surface area contributed by atoms with E-state index in [2.05, 4.69) is 0 Å². The first-order valence-electron chi connectivity index (χ1n) is 5.63. The number of likely N-dealkylation sites (tertiary alicyclic amines) is 1. The minimum atomic E-state index is -1.71. The maximum absolute atomic E-state index is 10.8. The zero-order chi connectivity index (χ0) is 12.4. The molecule has 0 saturated carbocycles. The van der Waals surface area contributed by atoms with E-state index in [0.717, 1.165) is 19.4 Å². The molecule has 2 atom stereocenters. The van der Waals surface area contributed by atoms with Crippen molar-refractivity contribution in [3.05, 3.63) is 0 Å². The van der Waals surface area contributed by atoms with Crippen molar-refractivity contribution in [3.8, 4) is 0 Å². The summed E-state index contributed by atoms with van der Waals surface area (Å²) in [7, 11) is 0. The molecule has 1 aliphatic rings. The van der Waals surface area contributed by atoms with Gasteiger partial charge in [0.15, 0.2) is 5.60 Å². The molecular formula is C11H21NO4. The summed E-state index contributed by atoms with van der Waals surface area (Å²) in [5.41, 5.74) is -2.37. The van der Waals surface area contributed by atoms with E-state index in [1.165, 1.54) is 6.92 Å². The number of hydrogen-bond donors (Lipinski definition) is 3. The standard InChI is InChI=1S/C11H21NO4/c1-10(15)4-3-6-12(7-5-10)8-11(2,16)9(13)14/h15-16H,3-8H2,1-2H3,(H,13,14). The van der Waals surface area contributed by atoms with E-state index in [9.17, 15) is 15.0 Å². The van der Waals surface area contributed by atoms with Gasteiger partial charge in [0.1, 0.15) is 0 Å². The fraction of sp³-hybridized carbons (Fsp3) is 0.909. The van der Waals surface area contributed by atoms with Crippen molar-refractivity contribution >= 4 is 5.97 Å². The minimum absolute atomic E-state index is 0.110. The summed E-state index contributed by atoms with van der Waals surface area (Å²) in [6, 6.07) is 0. The first-order chi connectivity index (χ1) is 7.23. The first kappa shape index (κ1) is 13.4. The summed E-state index contributed by atoms with van der Waals surface area (Å²) in [5, 5.41) is 28.4. The summed E-state index contributed by atoms with van der Waals surface area (Å²) in [6.07, 6.45) is 2.16. The lowest BCUT2D eigenvalue weighted by Gasteiger charge is -2.28. The van der Waals surface area contributed by atoms with Crippen LogP contribution in [0.4, 0.5) is 0 Å². The van der Waals surface area contributed by atoms with Gasteiger partial charge < -0.3 is 15.3 Å². The molecule has 0 aliphatic carbocycles. The van der Waals surface area contributed by atoms with Gasteiger partial charge in [-0.15, -0.1) is 0 Å². The van der Waals surface area contributed by atoms with Crippen molar-refractivity contribution < 1.29 is 20.1 Å². The maximum Gasteiger partial charge on any atom is 0.336 e. The molecule has 5 heteroatoms. The number of carboxylic acid groups (broad SMARTS) is 1. The number of carboxylic acids is 1. The molecule has 0 aromatic rings. The smallest absolute Gasteiger partial charge is 0.336 e. The van der Waals surface area contributed by atoms with Crippen LogP contribution in [-0.4, -0.2) is 57.0 Å². The second-order valence-corrected chi connectivity index (χ2v) is 5.21. The molecule has 1 rings (SSSR count). The lowest BCUT2D eigenvalue weighted by molar-refractivity contribution is -0.158. The quantitative estimate of drug-likeness (QED) is 0.640. The lowest BCUT2D eigenvalue weighted by atomic mass is 9.98. The molecule has 1 aliphatic heterocycles. The van der Waals surface area contributed by atoms with Crippen LogP contribution >= 0.6 is 0 Å². The summed E-state index contributed by atoms with van der Waals surface area (Å²) in [6.45, 7) is 4.55. The van der Waals surface area contributed by atoms with Crippen LogP contribution in [-0.2, 0) is 4.79 Å². The van der Waals surface area contributed by atoms with Gasteiger partial charge in [0.05, 0.1) is 5.60 Å². The van der Waals surface area contributed by atoms with Crippen molar-refractivity contribution in [2.75, 3.05) is 19.6 Å². The number of β-amino-alcohol motifs (C(OH)–C–C–N with tert-alkyl or cyclic N) is 1. The van der Waals surface area contributed by atoms with E-state index in [4.69, 9.17) is 5.11 Å². The van der Waals surface area contributed by atoms with Crippen LogP contribution in [0.25, 0.3) is 0 Å². The first-order valence-corrected chi connectivity index (χ1v) is 5.63. The molecule has 0 spiro atoms. The molecule has 5 nitrogen and oxygen atoms in total. The molecule has 1 saturated heterocycles. The highest BCUT2D eigenvalue weighted by atomic mass is 16.4. The average Bonchev–Trinajstić information content (AvgIpc) is 2.27. The SMILES string of the molecule is CC1(O)CCCN(CC(C)(O)C(=O)O)CC1. The molecule has 1 fully saturated rings. The van der Waals surface area contributed by atoms with E-state index in [1.807, 2.05) is 4.90 Å². The molecule has 0 bridgehead atoms. The van der Waals surface area contributed by atoms with Gasteiger partial charge in [0.2, 0.25) is 0 Å². The van der Waals surface area contributed by atoms with Crippen LogP contribution < -0.4 is 0 Å². The molecule has 16 heavy (non-hydrogen) atoms. The second-order valence-electron chi connectivity index (χ2n) is 5.21. The fourth-order valence-corrected chi connectivity index (χ4v) is 1.98. The highest BCUT2D eigenvalue weighted by molar-refractivity contribution is 5.76. The zero-order valence-electron chi connectivity index (χ0n) is 9.94. The van der Waals surface area contributed by atoms with Crippen LogP contribution in [0.15, 0.2) is 0 Å². The minimum Gasteiger partial charge on any atom is -0.479 e. The zero-order valence-corrected chi connectivity index (χ0v) is 9.94. The Kier molecular flexibility index (Phi) is 3.93. The average molecular weight is 231 g/mol. The molecule has 1 heterocycles. The van der Waals surface area contributed by atoms with Gasteiger partial charge in [-0.1, -0.05) is 0 Å². The molecule has 0 aromatic carbocycles. The molecule has 3 N–H and O–H groups in total. The Morgan fingerprint density at radius 1 is 1.44 bits per heavy atom. The summed E-state index contributed by atoms with van der Waals surface area (Å²) >= 11 is 0. The number of rotatable bonds is 3. The third-order valence-electron chi connectivity index (χ3n) is 3.15. The highest BCUT2D eigenvalue weighted by Gasteiger charge is 2.34. The molecule has 0 amide bonds. The monoisotopic (exact) mass is 231 g/mol. The molecule has 94 valence electrons. The second kappa shape index (κ2) is 4.69. The van der Waals surface area contributed by atoms with Crippen molar-refractivity contribution in [1.29, 1.82) is 0 Å². The highest BCUT2D eigenvalue weighted by Crippen LogP contribution is 2.22. The maximum atomic E-state index is 10.8. The number of aliphatic hydroxyl groups is 2. The predicted molar refractivity (Wildman–Crippen MR) is 59.2 cm³/mol. The molecule has 2 unspecified atom stereocenters. The summed E-state index contributed by atoms with van der Waals surface area (Å²) in [4.78, 5) is 12.7. The Hall–Kier alpha value is -0.650. The van der Waals surface area contributed by atoms with E-state index in [0.29, 0.717) is 13.0 Å². The van der Waals surface area contributed by atoms with Crippen LogP contribution in [0.1, 0.15) is 33.1 Å². The number of hydrogen-bond acceptors (Lipinski definition) is 4. The van der Waals surface area contributed by atoms with E-state index in [1.54, 1.807) is 6.92 Å². The summed E-state index contributed by atoms with van der Waals surface area (Å²) < 4.78 is 0. The molecule has 0 radical (unpaired) electrons. The van der Waals surface area contributed by atoms with Gasteiger partial charge in [0, 0.05) is 13.1 Å². The Morgan fingerprint density at radius 3 is 2.62 bits per heavy atom. The number of carbonyl (C=O) groups is 1. The van der Waals surface area contributed by atoms with Crippen LogP contribution in [0.3, 0.4) is 0 Å². The third kappa shape index (κ3) is 3.73. The van der Waals surface area contributed by atoms with Crippen molar-refractivity contribution in [2.45, 2.75) is 44.3 Å². The largest absolute Gasteiger partial charge is 0.479 e. The van der Waals surface area contributed by atoms with Gasteiger partial charge in [-0.2, -0.15) is 0 Å². The Labute approximate surface area is 95.7 Å². The van der Waals surface area contributed by atoms with Gasteiger partial charge >= 0.3 is 5.97 Å². The van der Waals surface area contributed by atoms with Crippen molar-refractivity contribution in [1.82, 2.24) is 4.90 Å². The van der Waals surface area contributed by atoms with E-state index < -0.39 is 17.2 Å². The van der Waals surface area contributed by atoms with Gasteiger partial charge in [0.25, 0.3) is 0 Å². The van der Waals surface area contributed by atoms with E-state index in [-0.39, 0.29) is 6.54 Å². The number of nitrogens with zero attached hydrogens (tertiary/aromatic N) is 1. The Bertz CT molecular complexity index is 263. The normalized spacial score (nSPS) is 31.8. The van der Waals surface area contributed by atoms with Crippen LogP contribution in [0, 0.1) is 0 Å². The van der Waals surface area contributed by atoms with Gasteiger partial charge in [-0.25, -0.2) is 4.79 Å². The molecule has 0 aromatic heterocycles. The number of aliphatic carboxylic acids is 1. The topological polar surface area (TPSA) is 81.0 Å². The summed E-state index contributed by atoms with van der Waals surface area (Å²) in [5.74, 6) is -1.21. The lowest BCUT2D eigenvalue weighted by Crippen LogP contribution is -2.47. The third-order valence-corrected chi connectivity index (χ3v) is 3.15. The van der Waals surface area contributed by atoms with E-state index >= 15 is 0 Å². The fourth-order valence-electron chi connectivity index (χ4n) is 1.98. The van der Waals surface area contributed by atoms with Crippen LogP contribution in [0.5, 0.6) is 0 Å². The Morgan fingerprint density at radius 2 is 2.06 bits per heavy atom. The van der Waals surface area contributed by atoms with Gasteiger partial charge in [-0.05, 0) is 39.7 Å². The van der Waals surface area contributed by atoms with Crippen LogP contribution in [0.2, 0.25) is 0 Å². The predicted octanol–water partition coefficient (Wildman–Crippen LogP) is 0.0589.